The molecule has 0 aromatic heterocycles. The Morgan fingerprint density at radius 1 is 1.30 bits per heavy atom. The van der Waals surface area contributed by atoms with Crippen molar-refractivity contribution in [3.8, 4) is 6.07 Å². The lowest BCUT2D eigenvalue weighted by Gasteiger charge is -2.36. The van der Waals surface area contributed by atoms with E-state index < -0.39 is 0 Å². The number of ether oxygens (including phenoxy) is 1. The largest absolute Gasteiger partial charge is 0.371 e. The molecule has 1 N–H and O–H groups in total. The molecule has 27 heavy (non-hydrogen) atoms. The highest BCUT2D eigenvalue weighted by Gasteiger charge is 2.28. The van der Waals surface area contributed by atoms with Gasteiger partial charge in [0.05, 0.1) is 29.3 Å². The molecule has 1 amide bonds. The first-order valence-electron chi connectivity index (χ1n) is 8.59. The normalized spacial score (nSPS) is 18.5. The van der Waals surface area contributed by atoms with Crippen LogP contribution in [0.2, 0.25) is 10.0 Å². The van der Waals surface area contributed by atoms with E-state index in [0.717, 1.165) is 5.56 Å². The van der Waals surface area contributed by atoms with E-state index >= 15 is 0 Å². The zero-order chi connectivity index (χ0) is 19.4. The van der Waals surface area contributed by atoms with Gasteiger partial charge in [-0.15, -0.1) is 0 Å². The number of halogens is 2. The van der Waals surface area contributed by atoms with Crippen molar-refractivity contribution >= 4 is 34.8 Å². The smallest absolute Gasteiger partial charge is 0.241 e. The molecule has 140 valence electrons. The second kappa shape index (κ2) is 8.73. The maximum atomic E-state index is 12.6. The summed E-state index contributed by atoms with van der Waals surface area (Å²) in [7, 11) is 0. The van der Waals surface area contributed by atoms with Crippen molar-refractivity contribution in [1.82, 2.24) is 4.90 Å². The van der Waals surface area contributed by atoms with Gasteiger partial charge < -0.3 is 10.1 Å². The molecule has 5 nitrogen and oxygen atoms in total. The van der Waals surface area contributed by atoms with Gasteiger partial charge in [-0.1, -0.05) is 35.3 Å². The van der Waals surface area contributed by atoms with Crippen LogP contribution in [0.3, 0.4) is 0 Å². The summed E-state index contributed by atoms with van der Waals surface area (Å²) in [4.78, 5) is 14.7. The lowest BCUT2D eigenvalue weighted by atomic mass is 10.1. The second-order valence-electron chi connectivity index (χ2n) is 6.38. The molecule has 1 aliphatic heterocycles. The number of rotatable bonds is 4. The lowest BCUT2D eigenvalue weighted by Crippen LogP contribution is -2.48. The molecule has 0 saturated carbocycles. The zero-order valence-electron chi connectivity index (χ0n) is 14.8. The maximum absolute atomic E-state index is 12.6. The maximum Gasteiger partial charge on any atom is 0.241 e. The molecular weight excluding hydrogens is 385 g/mol. The Labute approximate surface area is 168 Å². The van der Waals surface area contributed by atoms with Crippen LogP contribution in [0, 0.1) is 11.3 Å². The highest BCUT2D eigenvalue weighted by molar-refractivity contribution is 6.32. The summed E-state index contributed by atoms with van der Waals surface area (Å²) < 4.78 is 5.86. The van der Waals surface area contributed by atoms with Gasteiger partial charge in [0.2, 0.25) is 5.91 Å². The number of nitriles is 1. The van der Waals surface area contributed by atoms with Crippen LogP contribution in [-0.2, 0) is 9.53 Å². The summed E-state index contributed by atoms with van der Waals surface area (Å²) in [5, 5.41) is 12.8. The van der Waals surface area contributed by atoms with Crippen molar-refractivity contribution in [2.75, 3.05) is 25.0 Å². The molecule has 1 heterocycles. The molecule has 2 aromatic rings. The molecule has 0 bridgehead atoms. The van der Waals surface area contributed by atoms with Crippen molar-refractivity contribution in [2.24, 2.45) is 0 Å². The van der Waals surface area contributed by atoms with Crippen LogP contribution in [0.1, 0.15) is 24.2 Å². The summed E-state index contributed by atoms with van der Waals surface area (Å²) in [6, 6.07) is 14.1. The summed E-state index contributed by atoms with van der Waals surface area (Å²) in [5.74, 6) is -0.132. The summed E-state index contributed by atoms with van der Waals surface area (Å²) in [5.41, 5.74) is 1.98. The van der Waals surface area contributed by atoms with Crippen LogP contribution in [-0.4, -0.2) is 36.5 Å². The van der Waals surface area contributed by atoms with Gasteiger partial charge in [-0.05, 0) is 42.8 Å². The SMILES string of the molecule is C[C@H](C(=O)Nc1ccc(C#N)c(Cl)c1)N1CCO[C@@H](c2ccc(Cl)cc2)C1. The first-order chi connectivity index (χ1) is 13.0. The van der Waals surface area contributed by atoms with Crippen LogP contribution in [0.15, 0.2) is 42.5 Å². The molecule has 0 spiro atoms. The number of nitrogens with zero attached hydrogens (tertiary/aromatic N) is 2. The Morgan fingerprint density at radius 3 is 2.70 bits per heavy atom. The van der Waals surface area contributed by atoms with E-state index in [0.29, 0.717) is 41.0 Å². The average Bonchev–Trinajstić information content (AvgIpc) is 2.68. The van der Waals surface area contributed by atoms with E-state index in [9.17, 15) is 4.79 Å². The lowest BCUT2D eigenvalue weighted by molar-refractivity contribution is -0.124. The Hall–Kier alpha value is -2.10. The molecule has 3 rings (SSSR count). The van der Waals surface area contributed by atoms with Crippen LogP contribution in [0.5, 0.6) is 0 Å². The molecule has 0 radical (unpaired) electrons. The Bertz CT molecular complexity index is 865. The van der Waals surface area contributed by atoms with Gasteiger partial charge in [0.25, 0.3) is 0 Å². The highest BCUT2D eigenvalue weighted by atomic mass is 35.5. The minimum Gasteiger partial charge on any atom is -0.371 e. The monoisotopic (exact) mass is 403 g/mol. The molecule has 1 aliphatic rings. The number of nitrogens with one attached hydrogen (secondary N) is 1. The van der Waals surface area contributed by atoms with Crippen molar-refractivity contribution in [1.29, 1.82) is 5.26 Å². The fourth-order valence-electron chi connectivity index (χ4n) is 3.00. The first-order valence-corrected chi connectivity index (χ1v) is 9.35. The molecule has 1 saturated heterocycles. The standard InChI is InChI=1S/C20H19Cl2N3O2/c1-13(20(26)24-17-7-4-15(11-23)18(22)10-17)25-8-9-27-19(12-25)14-2-5-16(21)6-3-14/h2-7,10,13,19H,8-9,12H2,1H3,(H,24,26)/t13-,19-/m1/s1. The summed E-state index contributed by atoms with van der Waals surface area (Å²) >= 11 is 12.0. The van der Waals surface area contributed by atoms with Gasteiger partial charge in [-0.2, -0.15) is 5.26 Å². The number of carbonyl (C=O) groups is 1. The van der Waals surface area contributed by atoms with Gasteiger partial charge >= 0.3 is 0 Å². The quantitative estimate of drug-likeness (QED) is 0.827. The predicted octanol–water partition coefficient (Wildman–Crippen LogP) is 4.27. The molecule has 0 aliphatic carbocycles. The van der Waals surface area contributed by atoms with Gasteiger partial charge in [0.1, 0.15) is 6.07 Å². The third-order valence-electron chi connectivity index (χ3n) is 4.62. The topological polar surface area (TPSA) is 65.4 Å². The summed E-state index contributed by atoms with van der Waals surface area (Å²) in [6.45, 7) is 3.70. The van der Waals surface area contributed by atoms with Gasteiger partial charge in [0.15, 0.2) is 0 Å². The van der Waals surface area contributed by atoms with E-state index in [4.69, 9.17) is 33.2 Å². The van der Waals surface area contributed by atoms with E-state index in [1.54, 1.807) is 18.2 Å². The molecule has 1 fully saturated rings. The van der Waals surface area contributed by atoms with Crippen LogP contribution >= 0.6 is 23.2 Å². The molecule has 0 unspecified atom stereocenters. The summed E-state index contributed by atoms with van der Waals surface area (Å²) in [6.07, 6.45) is -0.101. The van der Waals surface area contributed by atoms with Crippen molar-refractivity contribution < 1.29 is 9.53 Å². The fourth-order valence-corrected chi connectivity index (χ4v) is 3.34. The van der Waals surface area contributed by atoms with Gasteiger partial charge in [0, 0.05) is 23.8 Å². The number of benzene rings is 2. The predicted molar refractivity (Wildman–Crippen MR) is 106 cm³/mol. The third kappa shape index (κ3) is 4.79. The van der Waals surface area contributed by atoms with E-state index in [2.05, 4.69) is 10.2 Å². The second-order valence-corrected chi connectivity index (χ2v) is 7.22. The van der Waals surface area contributed by atoms with Crippen molar-refractivity contribution in [3.63, 3.8) is 0 Å². The minimum absolute atomic E-state index is 0.101. The zero-order valence-corrected chi connectivity index (χ0v) is 16.3. The first kappa shape index (κ1) is 19.7. The van der Waals surface area contributed by atoms with Crippen molar-refractivity contribution in [3.05, 3.63) is 63.6 Å². The Morgan fingerprint density at radius 2 is 2.04 bits per heavy atom. The number of hydrogen-bond acceptors (Lipinski definition) is 4. The molecule has 2 aromatic carbocycles. The Balaban J connectivity index is 1.64. The van der Waals surface area contributed by atoms with E-state index in [1.807, 2.05) is 37.3 Å². The third-order valence-corrected chi connectivity index (χ3v) is 5.19. The van der Waals surface area contributed by atoms with E-state index in [-0.39, 0.29) is 18.1 Å². The average molecular weight is 404 g/mol. The molecular formula is C20H19Cl2N3O2. The van der Waals surface area contributed by atoms with Crippen LogP contribution < -0.4 is 5.32 Å². The van der Waals surface area contributed by atoms with Crippen LogP contribution in [0.25, 0.3) is 0 Å². The number of hydrogen-bond donors (Lipinski definition) is 1. The fraction of sp³-hybridized carbons (Fsp3) is 0.300. The number of morpholine rings is 1. The number of anilines is 1. The number of carbonyl (C=O) groups excluding carboxylic acids is 1. The molecule has 7 heteroatoms. The van der Waals surface area contributed by atoms with Crippen LogP contribution in [0.4, 0.5) is 5.69 Å². The van der Waals surface area contributed by atoms with Gasteiger partial charge in [-0.25, -0.2) is 0 Å². The minimum atomic E-state index is -0.335. The highest BCUT2D eigenvalue weighted by Crippen LogP contribution is 2.25. The Kier molecular flexibility index (Phi) is 6.35. The molecule has 2 atom stereocenters. The number of amides is 1. The van der Waals surface area contributed by atoms with E-state index in [1.165, 1.54) is 0 Å². The van der Waals surface area contributed by atoms with Crippen molar-refractivity contribution in [2.45, 2.75) is 19.1 Å². The van der Waals surface area contributed by atoms with Gasteiger partial charge in [-0.3, -0.25) is 9.69 Å².